The molecule has 0 aromatic heterocycles. The normalized spacial score (nSPS) is 9.92. The number of esters is 1. The Morgan fingerprint density at radius 1 is 1.00 bits per heavy atom. The minimum atomic E-state index is -0.710. The number of anilines is 1. The Hall–Kier alpha value is -2.87. The van der Waals surface area contributed by atoms with Gasteiger partial charge in [0.1, 0.15) is 12.3 Å². The highest BCUT2D eigenvalue weighted by Crippen LogP contribution is 2.14. The van der Waals surface area contributed by atoms with Crippen LogP contribution in [0, 0.1) is 0 Å². The molecule has 0 radical (unpaired) electrons. The molecule has 0 heterocycles. The first-order valence-electron chi connectivity index (χ1n) is 7.61. The van der Waals surface area contributed by atoms with Crippen LogP contribution in [-0.4, -0.2) is 38.0 Å². The number of hydrogen-bond donors (Lipinski definition) is 2. The number of hydrogen-bond acceptors (Lipinski definition) is 5. The fourth-order valence-electron chi connectivity index (χ4n) is 1.92. The average Bonchev–Trinajstić information content (AvgIpc) is 2.66. The van der Waals surface area contributed by atoms with Crippen molar-refractivity contribution < 1.29 is 23.9 Å². The molecule has 0 spiro atoms. The van der Waals surface area contributed by atoms with E-state index in [1.54, 1.807) is 48.5 Å². The Balaban J connectivity index is 1.71. The third-order valence-corrected chi connectivity index (χ3v) is 3.77. The zero-order valence-corrected chi connectivity index (χ0v) is 15.5. The number of halogens is 1. The van der Waals surface area contributed by atoms with Gasteiger partial charge in [-0.3, -0.25) is 14.4 Å². The van der Waals surface area contributed by atoms with Gasteiger partial charge >= 0.3 is 5.97 Å². The first-order valence-corrected chi connectivity index (χ1v) is 8.40. The third kappa shape index (κ3) is 6.21. The highest BCUT2D eigenvalue weighted by atomic mass is 79.9. The molecule has 2 aromatic rings. The lowest BCUT2D eigenvalue weighted by atomic mass is 10.2. The molecule has 0 aliphatic carbocycles. The summed E-state index contributed by atoms with van der Waals surface area (Å²) in [4.78, 5) is 35.3. The minimum Gasteiger partial charge on any atom is -0.497 e. The van der Waals surface area contributed by atoms with E-state index in [1.165, 1.54) is 7.11 Å². The smallest absolute Gasteiger partial charge is 0.325 e. The van der Waals surface area contributed by atoms with E-state index in [9.17, 15) is 14.4 Å². The van der Waals surface area contributed by atoms with E-state index in [4.69, 9.17) is 9.47 Å². The number of nitrogens with one attached hydrogen (secondary N) is 2. The molecular weight excluding hydrogens is 404 g/mol. The van der Waals surface area contributed by atoms with Crippen LogP contribution >= 0.6 is 15.9 Å². The predicted molar refractivity (Wildman–Crippen MR) is 99.1 cm³/mol. The van der Waals surface area contributed by atoms with Gasteiger partial charge in [-0.15, -0.1) is 0 Å². The summed E-state index contributed by atoms with van der Waals surface area (Å²) in [6, 6.07) is 13.4. The van der Waals surface area contributed by atoms with E-state index in [0.29, 0.717) is 17.0 Å². The Morgan fingerprint density at radius 2 is 1.65 bits per heavy atom. The Morgan fingerprint density at radius 3 is 2.27 bits per heavy atom. The van der Waals surface area contributed by atoms with Gasteiger partial charge in [0.2, 0.25) is 0 Å². The maximum absolute atomic E-state index is 11.9. The molecule has 0 saturated heterocycles. The fraction of sp³-hybridized carbons (Fsp3) is 0.167. The van der Waals surface area contributed by atoms with E-state index < -0.39 is 24.4 Å². The summed E-state index contributed by atoms with van der Waals surface area (Å²) < 4.78 is 10.7. The number of carbonyl (C=O) groups is 3. The third-order valence-electron chi connectivity index (χ3n) is 3.24. The maximum Gasteiger partial charge on any atom is 0.325 e. The molecule has 2 rings (SSSR count). The van der Waals surface area contributed by atoms with Gasteiger partial charge in [0.15, 0.2) is 6.61 Å². The molecule has 2 aromatic carbocycles. The van der Waals surface area contributed by atoms with Crippen molar-refractivity contribution in [1.82, 2.24) is 5.32 Å². The van der Waals surface area contributed by atoms with Gasteiger partial charge in [-0.25, -0.2) is 0 Å². The van der Waals surface area contributed by atoms with Crippen LogP contribution in [0.3, 0.4) is 0 Å². The largest absolute Gasteiger partial charge is 0.497 e. The van der Waals surface area contributed by atoms with Crippen LogP contribution in [0.2, 0.25) is 0 Å². The zero-order chi connectivity index (χ0) is 18.9. The first-order chi connectivity index (χ1) is 12.5. The molecule has 2 amide bonds. The molecule has 0 bridgehead atoms. The molecule has 2 N–H and O–H groups in total. The number of rotatable bonds is 7. The van der Waals surface area contributed by atoms with Gasteiger partial charge in [-0.2, -0.15) is 0 Å². The van der Waals surface area contributed by atoms with Crippen molar-refractivity contribution >= 4 is 39.4 Å². The second kappa shape index (κ2) is 9.57. The lowest BCUT2D eigenvalue weighted by Gasteiger charge is -2.08. The second-order valence-electron chi connectivity index (χ2n) is 5.13. The summed E-state index contributed by atoms with van der Waals surface area (Å²) >= 11 is 3.29. The van der Waals surface area contributed by atoms with Crippen molar-refractivity contribution in [3.05, 3.63) is 58.6 Å². The number of carbonyl (C=O) groups excluding carboxylic acids is 3. The zero-order valence-electron chi connectivity index (χ0n) is 14.0. The van der Waals surface area contributed by atoms with Crippen LogP contribution in [0.25, 0.3) is 0 Å². The highest BCUT2D eigenvalue weighted by Gasteiger charge is 2.11. The van der Waals surface area contributed by atoms with Crippen molar-refractivity contribution in [3.63, 3.8) is 0 Å². The lowest BCUT2D eigenvalue weighted by molar-refractivity contribution is -0.146. The monoisotopic (exact) mass is 420 g/mol. The lowest BCUT2D eigenvalue weighted by Crippen LogP contribution is -2.32. The van der Waals surface area contributed by atoms with Gasteiger partial charge in [-0.1, -0.05) is 15.9 Å². The summed E-state index contributed by atoms with van der Waals surface area (Å²) in [6.07, 6.45) is 0. The molecule has 0 atom stereocenters. The summed E-state index contributed by atoms with van der Waals surface area (Å²) in [5.74, 6) is -0.985. The predicted octanol–water partition coefficient (Wildman–Crippen LogP) is 2.37. The molecule has 7 nitrogen and oxygen atoms in total. The standard InChI is InChI=1S/C18H17BrN2O5/c1-25-15-8-2-12(3-9-15)18(24)20-10-17(23)26-11-16(22)21-14-6-4-13(19)5-7-14/h2-9H,10-11H2,1H3,(H,20,24)(H,21,22). The topological polar surface area (TPSA) is 93.7 Å². The molecular formula is C18H17BrN2O5. The molecule has 0 saturated carbocycles. The molecule has 136 valence electrons. The molecule has 0 fully saturated rings. The van der Waals surface area contributed by atoms with Gasteiger partial charge in [0, 0.05) is 15.7 Å². The van der Waals surface area contributed by atoms with E-state index in [1.807, 2.05) is 0 Å². The quantitative estimate of drug-likeness (QED) is 0.670. The summed E-state index contributed by atoms with van der Waals surface area (Å²) in [7, 11) is 1.53. The Kier molecular flexibility index (Phi) is 7.16. The van der Waals surface area contributed by atoms with E-state index >= 15 is 0 Å². The van der Waals surface area contributed by atoms with Crippen molar-refractivity contribution in [2.45, 2.75) is 0 Å². The number of methoxy groups -OCH3 is 1. The van der Waals surface area contributed by atoms with Gasteiger partial charge < -0.3 is 20.1 Å². The van der Waals surface area contributed by atoms with Crippen molar-refractivity contribution in [3.8, 4) is 5.75 Å². The second-order valence-corrected chi connectivity index (χ2v) is 6.04. The average molecular weight is 421 g/mol. The van der Waals surface area contributed by atoms with Gasteiger partial charge in [0.25, 0.3) is 11.8 Å². The van der Waals surface area contributed by atoms with Crippen LogP contribution in [0.1, 0.15) is 10.4 Å². The molecule has 26 heavy (non-hydrogen) atoms. The van der Waals surface area contributed by atoms with E-state index in [0.717, 1.165) is 4.47 Å². The van der Waals surface area contributed by atoms with E-state index in [-0.39, 0.29) is 6.54 Å². The van der Waals surface area contributed by atoms with Gasteiger partial charge in [0.05, 0.1) is 7.11 Å². The fourth-order valence-corrected chi connectivity index (χ4v) is 2.19. The van der Waals surface area contributed by atoms with Crippen molar-refractivity contribution in [2.75, 3.05) is 25.6 Å². The van der Waals surface area contributed by atoms with Crippen LogP contribution in [0.5, 0.6) is 5.75 Å². The molecule has 0 unspecified atom stereocenters. The molecule has 8 heteroatoms. The van der Waals surface area contributed by atoms with Gasteiger partial charge in [-0.05, 0) is 48.5 Å². The number of amides is 2. The Labute approximate surface area is 158 Å². The maximum atomic E-state index is 11.9. The summed E-state index contributed by atoms with van der Waals surface area (Å²) in [5, 5.41) is 5.01. The SMILES string of the molecule is COc1ccc(C(=O)NCC(=O)OCC(=O)Nc2ccc(Br)cc2)cc1. The van der Waals surface area contributed by atoms with Crippen LogP contribution in [-0.2, 0) is 14.3 Å². The Bertz CT molecular complexity index is 775. The highest BCUT2D eigenvalue weighted by molar-refractivity contribution is 9.10. The number of benzene rings is 2. The van der Waals surface area contributed by atoms with Crippen LogP contribution in [0.4, 0.5) is 5.69 Å². The minimum absolute atomic E-state index is 0.337. The van der Waals surface area contributed by atoms with Crippen LogP contribution in [0.15, 0.2) is 53.0 Å². The first kappa shape index (κ1) is 19.5. The summed E-state index contributed by atoms with van der Waals surface area (Å²) in [5.41, 5.74) is 0.966. The summed E-state index contributed by atoms with van der Waals surface area (Å²) in [6.45, 7) is -0.774. The molecule has 0 aliphatic heterocycles. The molecule has 0 aliphatic rings. The number of ether oxygens (including phenoxy) is 2. The van der Waals surface area contributed by atoms with Crippen molar-refractivity contribution in [1.29, 1.82) is 0 Å². The van der Waals surface area contributed by atoms with Crippen LogP contribution < -0.4 is 15.4 Å². The van der Waals surface area contributed by atoms with Crippen molar-refractivity contribution in [2.24, 2.45) is 0 Å². The van der Waals surface area contributed by atoms with E-state index in [2.05, 4.69) is 26.6 Å².